The molecule has 0 aliphatic carbocycles. The number of hydrogen-bond acceptors (Lipinski definition) is 1. The first kappa shape index (κ1) is 32.9. The van der Waals surface area contributed by atoms with Gasteiger partial charge >= 0.3 is 0 Å². The highest BCUT2D eigenvalue weighted by Gasteiger charge is 2.22. The molecule has 61 heavy (non-hydrogen) atoms. The van der Waals surface area contributed by atoms with E-state index in [2.05, 4.69) is 200 Å². The van der Waals surface area contributed by atoms with E-state index in [-0.39, 0.29) is 0 Å². The lowest BCUT2D eigenvalue weighted by Crippen LogP contribution is -1.95. The minimum atomic E-state index is 0.899. The van der Waals surface area contributed by atoms with Gasteiger partial charge in [0, 0.05) is 10.8 Å². The first-order valence-corrected chi connectivity index (χ1v) is 21.2. The Kier molecular flexibility index (Phi) is 6.62. The number of fused-ring (bicyclic) bond motifs is 4. The van der Waals surface area contributed by atoms with Crippen LogP contribution in [0.5, 0.6) is 0 Å². The van der Waals surface area contributed by atoms with Gasteiger partial charge in [-0.15, -0.1) is 0 Å². The van der Waals surface area contributed by atoms with Crippen LogP contribution < -0.4 is 0 Å². The first-order valence-electron chi connectivity index (χ1n) is 21.2. The fourth-order valence-corrected chi connectivity index (χ4v) is 10.8. The van der Waals surface area contributed by atoms with Crippen molar-refractivity contribution in [3.8, 4) is 44.5 Å². The molecule has 0 spiro atoms. The van der Waals surface area contributed by atoms with E-state index >= 15 is 0 Å². The Balaban J connectivity index is 1.06. The summed E-state index contributed by atoms with van der Waals surface area (Å²) in [6.07, 6.45) is 0. The fourth-order valence-electron chi connectivity index (χ4n) is 10.8. The molecule has 0 radical (unpaired) electrons. The number of rotatable bonds is 4. The monoisotopic (exact) mass is 770 g/mol. The minimum Gasteiger partial charge on any atom is -0.456 e. The average Bonchev–Trinajstić information content (AvgIpc) is 3.70. The summed E-state index contributed by atoms with van der Waals surface area (Å²) in [4.78, 5) is 0. The molecule has 0 saturated carbocycles. The maximum atomic E-state index is 6.37. The Hall–Kier alpha value is -8.00. The molecule has 0 N–H and O–H groups in total. The van der Waals surface area contributed by atoms with Crippen LogP contribution in [0.25, 0.3) is 142 Å². The van der Waals surface area contributed by atoms with Crippen LogP contribution in [0.3, 0.4) is 0 Å². The van der Waals surface area contributed by atoms with Gasteiger partial charge in [0.05, 0.1) is 0 Å². The number of para-hydroxylation sites is 1. The maximum Gasteiger partial charge on any atom is 0.135 e. The third-order valence-electron chi connectivity index (χ3n) is 13.5. The molecule has 14 rings (SSSR count). The Morgan fingerprint density at radius 2 is 0.721 bits per heavy atom. The lowest BCUT2D eigenvalue weighted by molar-refractivity contribution is 0.669. The molecule has 0 bridgehead atoms. The van der Waals surface area contributed by atoms with Crippen molar-refractivity contribution in [1.82, 2.24) is 0 Å². The molecule has 1 aromatic heterocycles. The van der Waals surface area contributed by atoms with Crippen LogP contribution in [0.15, 0.2) is 211 Å². The second-order valence-corrected chi connectivity index (χ2v) is 16.7. The highest BCUT2D eigenvalue weighted by Crippen LogP contribution is 2.49. The summed E-state index contributed by atoms with van der Waals surface area (Å²) < 4.78 is 6.37. The zero-order chi connectivity index (χ0) is 39.8. The third-order valence-corrected chi connectivity index (χ3v) is 13.5. The molecule has 0 unspecified atom stereocenters. The minimum absolute atomic E-state index is 0.899. The van der Waals surface area contributed by atoms with Crippen LogP contribution in [0.4, 0.5) is 0 Å². The Bertz CT molecular complexity index is 4060. The molecule has 0 aliphatic heterocycles. The largest absolute Gasteiger partial charge is 0.456 e. The summed E-state index contributed by atoms with van der Waals surface area (Å²) in [6, 6.07) is 76.7. The van der Waals surface area contributed by atoms with Crippen LogP contribution in [-0.2, 0) is 0 Å². The SMILES string of the molecule is c1ccc2c(-c3ccc4oc5ccccc5c4c3)c(-c3ccc(-c4ccc5ccc6cccc7ccc4c5c67)cc3)c(-c3ccc4ccc5cccc6ccc3c4c56)cc2c1. The molecule has 0 aliphatic rings. The summed E-state index contributed by atoms with van der Waals surface area (Å²) in [5.74, 6) is 0. The van der Waals surface area contributed by atoms with Crippen molar-refractivity contribution in [2.75, 3.05) is 0 Å². The van der Waals surface area contributed by atoms with Gasteiger partial charge in [-0.3, -0.25) is 0 Å². The molecule has 1 heteroatoms. The van der Waals surface area contributed by atoms with Crippen LogP contribution in [0.1, 0.15) is 0 Å². The van der Waals surface area contributed by atoms with Crippen molar-refractivity contribution in [3.05, 3.63) is 206 Å². The molecule has 0 amide bonds. The predicted octanol–water partition coefficient (Wildman–Crippen LogP) is 17.2. The van der Waals surface area contributed by atoms with Gasteiger partial charge in [0.25, 0.3) is 0 Å². The smallest absolute Gasteiger partial charge is 0.135 e. The number of benzene rings is 13. The van der Waals surface area contributed by atoms with E-state index < -0.39 is 0 Å². The lowest BCUT2D eigenvalue weighted by Gasteiger charge is -2.22. The molecular formula is C60H34O. The van der Waals surface area contributed by atoms with E-state index in [9.17, 15) is 0 Å². The van der Waals surface area contributed by atoms with Gasteiger partial charge in [-0.2, -0.15) is 0 Å². The topological polar surface area (TPSA) is 13.1 Å². The van der Waals surface area contributed by atoms with Crippen molar-refractivity contribution in [3.63, 3.8) is 0 Å². The van der Waals surface area contributed by atoms with Crippen molar-refractivity contribution in [2.24, 2.45) is 0 Å². The van der Waals surface area contributed by atoms with E-state index in [0.717, 1.165) is 21.9 Å². The molecule has 0 atom stereocenters. The lowest BCUT2D eigenvalue weighted by atomic mass is 9.81. The van der Waals surface area contributed by atoms with Crippen LogP contribution in [-0.4, -0.2) is 0 Å². The molecule has 1 nitrogen and oxygen atoms in total. The van der Waals surface area contributed by atoms with Crippen molar-refractivity contribution in [1.29, 1.82) is 0 Å². The molecule has 280 valence electrons. The quantitative estimate of drug-likeness (QED) is 0.162. The summed E-state index contributed by atoms with van der Waals surface area (Å²) in [7, 11) is 0. The molecule has 0 fully saturated rings. The molecule has 0 saturated heterocycles. The Labute approximate surface area is 351 Å². The van der Waals surface area contributed by atoms with Gasteiger partial charge in [0.2, 0.25) is 0 Å². The highest BCUT2D eigenvalue weighted by molar-refractivity contribution is 6.27. The normalized spacial score (nSPS) is 12.3. The number of furan rings is 1. The zero-order valence-electron chi connectivity index (χ0n) is 33.0. The maximum absolute atomic E-state index is 6.37. The standard InChI is InChI=1S/C60H34O/c1-2-12-46-43(7-1)33-52(47-29-24-42-22-20-37-9-6-11-39-26-31-50(47)58(42)56(37)39)59(60(46)44-27-32-54-51(34-44)48-13-3-4-14-53(48)61-54)40-17-15-35(16-18-40)45-28-23-41-21-19-36-8-5-10-38-25-30-49(45)57(41)55(36)38/h1-34H. The summed E-state index contributed by atoms with van der Waals surface area (Å²) in [5, 5.41) is 20.2. The summed E-state index contributed by atoms with van der Waals surface area (Å²) in [6.45, 7) is 0. The van der Waals surface area contributed by atoms with Gasteiger partial charge in [0.1, 0.15) is 11.2 Å². The second kappa shape index (κ2) is 12.3. The van der Waals surface area contributed by atoms with E-state index in [1.165, 1.54) is 120 Å². The van der Waals surface area contributed by atoms with Crippen molar-refractivity contribution >= 4 is 97.3 Å². The van der Waals surface area contributed by atoms with E-state index in [1.54, 1.807) is 0 Å². The van der Waals surface area contributed by atoms with Crippen LogP contribution in [0.2, 0.25) is 0 Å². The highest BCUT2D eigenvalue weighted by atomic mass is 16.3. The van der Waals surface area contributed by atoms with Gasteiger partial charge in [-0.05, 0) is 144 Å². The number of hydrogen-bond donors (Lipinski definition) is 0. The molecule has 13 aromatic carbocycles. The Morgan fingerprint density at radius 3 is 1.41 bits per heavy atom. The van der Waals surface area contributed by atoms with Gasteiger partial charge < -0.3 is 4.42 Å². The molecule has 14 aromatic rings. The average molecular weight is 771 g/mol. The van der Waals surface area contributed by atoms with E-state index in [0.29, 0.717) is 0 Å². The predicted molar refractivity (Wildman–Crippen MR) is 260 cm³/mol. The fraction of sp³-hybridized carbons (Fsp3) is 0. The zero-order valence-corrected chi connectivity index (χ0v) is 33.0. The van der Waals surface area contributed by atoms with Crippen LogP contribution >= 0.6 is 0 Å². The third kappa shape index (κ3) is 4.66. The van der Waals surface area contributed by atoms with Crippen LogP contribution in [0, 0.1) is 0 Å². The summed E-state index contributed by atoms with van der Waals surface area (Å²) >= 11 is 0. The van der Waals surface area contributed by atoms with E-state index in [1.807, 2.05) is 6.07 Å². The molecular weight excluding hydrogens is 737 g/mol. The second-order valence-electron chi connectivity index (χ2n) is 16.7. The van der Waals surface area contributed by atoms with Crippen molar-refractivity contribution < 1.29 is 4.42 Å². The van der Waals surface area contributed by atoms with Gasteiger partial charge in [0.15, 0.2) is 0 Å². The van der Waals surface area contributed by atoms with Gasteiger partial charge in [-0.1, -0.05) is 182 Å². The first-order chi connectivity index (χ1) is 30.2. The van der Waals surface area contributed by atoms with Gasteiger partial charge in [-0.25, -0.2) is 0 Å². The Morgan fingerprint density at radius 1 is 0.230 bits per heavy atom. The molecule has 1 heterocycles. The summed E-state index contributed by atoms with van der Waals surface area (Å²) in [5.41, 5.74) is 11.5. The van der Waals surface area contributed by atoms with E-state index in [4.69, 9.17) is 4.42 Å². The van der Waals surface area contributed by atoms with Crippen molar-refractivity contribution in [2.45, 2.75) is 0 Å².